The van der Waals surface area contributed by atoms with E-state index in [2.05, 4.69) is 60.6 Å². The van der Waals surface area contributed by atoms with Crippen molar-refractivity contribution in [3.05, 3.63) is 65.9 Å². The third-order valence-electron chi connectivity index (χ3n) is 3.14. The maximum absolute atomic E-state index is 4.23. The Hall–Kier alpha value is -2.42. The zero-order chi connectivity index (χ0) is 13.2. The molecular weight excluding hydrogens is 234 g/mol. The molecule has 0 aliphatic rings. The van der Waals surface area contributed by atoms with E-state index in [1.165, 1.54) is 11.1 Å². The van der Waals surface area contributed by atoms with Crippen molar-refractivity contribution in [2.45, 2.75) is 13.8 Å². The highest BCUT2D eigenvalue weighted by atomic mass is 15.4. The van der Waals surface area contributed by atoms with Crippen LogP contribution < -0.4 is 0 Å². The standard InChI is InChI=1S/C16H15N3/c1-12-3-7-14(8-4-12)16-11-19(18-17-16)15-9-5-13(2)6-10-15/h3-11H,1-2H3. The monoisotopic (exact) mass is 249 g/mol. The highest BCUT2D eigenvalue weighted by Crippen LogP contribution is 2.18. The smallest absolute Gasteiger partial charge is 0.113 e. The van der Waals surface area contributed by atoms with Crippen LogP contribution in [0.25, 0.3) is 16.9 Å². The number of aryl methyl sites for hydroxylation is 2. The van der Waals surface area contributed by atoms with E-state index in [-0.39, 0.29) is 0 Å². The molecule has 2 aromatic carbocycles. The van der Waals surface area contributed by atoms with Crippen molar-refractivity contribution in [2.75, 3.05) is 0 Å². The van der Waals surface area contributed by atoms with Crippen LogP contribution in [0.2, 0.25) is 0 Å². The van der Waals surface area contributed by atoms with Crippen LogP contribution in [0.4, 0.5) is 0 Å². The minimum atomic E-state index is 0.889. The first-order valence-electron chi connectivity index (χ1n) is 6.29. The first-order valence-corrected chi connectivity index (χ1v) is 6.29. The zero-order valence-corrected chi connectivity index (χ0v) is 11.0. The molecule has 19 heavy (non-hydrogen) atoms. The summed E-state index contributed by atoms with van der Waals surface area (Å²) in [4.78, 5) is 0. The summed E-state index contributed by atoms with van der Waals surface area (Å²) >= 11 is 0. The van der Waals surface area contributed by atoms with Crippen molar-refractivity contribution in [3.63, 3.8) is 0 Å². The third kappa shape index (κ3) is 2.40. The summed E-state index contributed by atoms with van der Waals surface area (Å²) in [6.07, 6.45) is 1.95. The predicted molar refractivity (Wildman–Crippen MR) is 76.3 cm³/mol. The second-order valence-electron chi connectivity index (χ2n) is 4.75. The summed E-state index contributed by atoms with van der Waals surface area (Å²) in [6, 6.07) is 16.5. The third-order valence-corrected chi connectivity index (χ3v) is 3.14. The van der Waals surface area contributed by atoms with Gasteiger partial charge in [-0.25, -0.2) is 4.68 Å². The van der Waals surface area contributed by atoms with E-state index in [1.54, 1.807) is 4.68 Å². The van der Waals surface area contributed by atoms with Gasteiger partial charge in [0.05, 0.1) is 11.9 Å². The summed E-state index contributed by atoms with van der Waals surface area (Å²) in [6.45, 7) is 4.15. The van der Waals surface area contributed by atoms with Gasteiger partial charge in [-0.15, -0.1) is 5.10 Å². The van der Waals surface area contributed by atoms with Gasteiger partial charge in [0, 0.05) is 5.56 Å². The van der Waals surface area contributed by atoms with Crippen molar-refractivity contribution in [3.8, 4) is 16.9 Å². The van der Waals surface area contributed by atoms with Gasteiger partial charge in [0.15, 0.2) is 0 Å². The number of hydrogen-bond acceptors (Lipinski definition) is 2. The van der Waals surface area contributed by atoms with Crippen LogP contribution in [0.5, 0.6) is 0 Å². The lowest BCUT2D eigenvalue weighted by Gasteiger charge is -1.99. The molecule has 0 aliphatic heterocycles. The van der Waals surface area contributed by atoms with Gasteiger partial charge in [0.2, 0.25) is 0 Å². The second-order valence-corrected chi connectivity index (χ2v) is 4.75. The van der Waals surface area contributed by atoms with E-state index < -0.39 is 0 Å². The van der Waals surface area contributed by atoms with Crippen LogP contribution in [0, 0.1) is 13.8 Å². The highest BCUT2D eigenvalue weighted by Gasteiger charge is 2.04. The van der Waals surface area contributed by atoms with Crippen LogP contribution in [0.3, 0.4) is 0 Å². The van der Waals surface area contributed by atoms with Gasteiger partial charge in [-0.1, -0.05) is 52.7 Å². The average Bonchev–Trinajstić information content (AvgIpc) is 2.90. The van der Waals surface area contributed by atoms with E-state index in [0.29, 0.717) is 0 Å². The summed E-state index contributed by atoms with van der Waals surface area (Å²) < 4.78 is 1.80. The van der Waals surface area contributed by atoms with Gasteiger partial charge in [0.1, 0.15) is 5.69 Å². The van der Waals surface area contributed by atoms with Gasteiger partial charge in [0.25, 0.3) is 0 Å². The van der Waals surface area contributed by atoms with Gasteiger partial charge in [-0.05, 0) is 26.0 Å². The first kappa shape index (κ1) is 11.7. The van der Waals surface area contributed by atoms with Crippen molar-refractivity contribution in [1.82, 2.24) is 15.0 Å². The lowest BCUT2D eigenvalue weighted by Crippen LogP contribution is -1.94. The largest absolute Gasteiger partial charge is 0.220 e. The Labute approximate surface area is 112 Å². The molecule has 0 atom stereocenters. The maximum Gasteiger partial charge on any atom is 0.113 e. The highest BCUT2D eigenvalue weighted by molar-refractivity contribution is 5.58. The van der Waals surface area contributed by atoms with E-state index in [0.717, 1.165) is 16.9 Å². The minimum absolute atomic E-state index is 0.889. The van der Waals surface area contributed by atoms with Gasteiger partial charge in [-0.3, -0.25) is 0 Å². The number of rotatable bonds is 2. The van der Waals surface area contributed by atoms with Gasteiger partial charge in [-0.2, -0.15) is 0 Å². The molecule has 0 spiro atoms. The molecule has 0 saturated carbocycles. The molecular formula is C16H15N3. The topological polar surface area (TPSA) is 30.7 Å². The molecule has 0 fully saturated rings. The molecule has 1 aromatic heterocycles. The number of aromatic nitrogens is 3. The normalized spacial score (nSPS) is 10.6. The molecule has 0 unspecified atom stereocenters. The summed E-state index contributed by atoms with van der Waals surface area (Å²) in [5.74, 6) is 0. The molecule has 3 heteroatoms. The fraction of sp³-hybridized carbons (Fsp3) is 0.125. The summed E-state index contributed by atoms with van der Waals surface area (Å²) in [5, 5.41) is 8.41. The van der Waals surface area contributed by atoms with E-state index in [4.69, 9.17) is 0 Å². The number of benzene rings is 2. The predicted octanol–water partition coefficient (Wildman–Crippen LogP) is 3.55. The first-order chi connectivity index (χ1) is 9.22. The summed E-state index contributed by atoms with van der Waals surface area (Å²) in [7, 11) is 0. The molecule has 1 heterocycles. The molecule has 3 nitrogen and oxygen atoms in total. The fourth-order valence-electron chi connectivity index (χ4n) is 1.94. The maximum atomic E-state index is 4.23. The molecule has 3 aromatic rings. The van der Waals surface area contributed by atoms with Crippen LogP contribution in [0.1, 0.15) is 11.1 Å². The SMILES string of the molecule is Cc1ccc(-c2cn(-c3ccc(C)cc3)nn2)cc1. The zero-order valence-electron chi connectivity index (χ0n) is 11.0. The fourth-order valence-corrected chi connectivity index (χ4v) is 1.94. The minimum Gasteiger partial charge on any atom is -0.220 e. The van der Waals surface area contributed by atoms with Crippen LogP contribution >= 0.6 is 0 Å². The van der Waals surface area contributed by atoms with Crippen LogP contribution in [-0.2, 0) is 0 Å². The average molecular weight is 249 g/mol. The lowest BCUT2D eigenvalue weighted by atomic mass is 10.1. The van der Waals surface area contributed by atoms with Gasteiger partial charge < -0.3 is 0 Å². The molecule has 0 radical (unpaired) electrons. The van der Waals surface area contributed by atoms with Crippen molar-refractivity contribution in [1.29, 1.82) is 0 Å². The molecule has 0 N–H and O–H groups in total. The van der Waals surface area contributed by atoms with Crippen molar-refractivity contribution in [2.24, 2.45) is 0 Å². The van der Waals surface area contributed by atoms with E-state index in [1.807, 2.05) is 18.3 Å². The molecule has 94 valence electrons. The van der Waals surface area contributed by atoms with E-state index in [9.17, 15) is 0 Å². The second kappa shape index (κ2) is 4.69. The van der Waals surface area contributed by atoms with E-state index >= 15 is 0 Å². The summed E-state index contributed by atoms with van der Waals surface area (Å²) in [5.41, 5.74) is 5.48. The molecule has 0 saturated heterocycles. The van der Waals surface area contributed by atoms with Crippen LogP contribution in [-0.4, -0.2) is 15.0 Å². The Morgan fingerprint density at radius 1 is 0.789 bits per heavy atom. The van der Waals surface area contributed by atoms with Crippen molar-refractivity contribution >= 4 is 0 Å². The van der Waals surface area contributed by atoms with Crippen molar-refractivity contribution < 1.29 is 0 Å². The Morgan fingerprint density at radius 3 is 2.00 bits per heavy atom. The molecule has 0 bridgehead atoms. The Bertz CT molecular complexity index is 619. The molecule has 3 rings (SSSR count). The molecule has 0 aliphatic carbocycles. The number of nitrogens with zero attached hydrogens (tertiary/aromatic N) is 3. The molecule has 0 amide bonds. The number of hydrogen-bond donors (Lipinski definition) is 0. The lowest BCUT2D eigenvalue weighted by molar-refractivity contribution is 0.803. The van der Waals surface area contributed by atoms with Crippen LogP contribution in [0.15, 0.2) is 54.7 Å². The Morgan fingerprint density at radius 2 is 1.37 bits per heavy atom. The Kier molecular flexibility index (Phi) is 2.88. The quantitative estimate of drug-likeness (QED) is 0.695. The van der Waals surface area contributed by atoms with Gasteiger partial charge >= 0.3 is 0 Å². The Balaban J connectivity index is 1.95.